The predicted octanol–water partition coefficient (Wildman–Crippen LogP) is 5.27. The van der Waals surface area contributed by atoms with Crippen molar-refractivity contribution in [1.82, 2.24) is 15.3 Å². The average molecular weight is 534 g/mol. The van der Waals surface area contributed by atoms with E-state index in [1.54, 1.807) is 56.4 Å². The van der Waals surface area contributed by atoms with Crippen LogP contribution in [0.3, 0.4) is 0 Å². The lowest BCUT2D eigenvalue weighted by molar-refractivity contribution is -0.132. The van der Waals surface area contributed by atoms with Crippen LogP contribution in [0.4, 0.5) is 8.78 Å². The summed E-state index contributed by atoms with van der Waals surface area (Å²) < 4.78 is 37.8. The number of hydrogen-bond donors (Lipinski definition) is 2. The van der Waals surface area contributed by atoms with E-state index >= 15 is 0 Å². The topological polar surface area (TPSA) is 93.3 Å². The first-order valence-electron chi connectivity index (χ1n) is 12.4. The Kier molecular flexibility index (Phi) is 8.83. The minimum absolute atomic E-state index is 0.0478. The largest absolute Gasteiger partial charge is 0.457 e. The SMILES string of the molecule is CC(C)(C(=O)N[C@@H](COCc1ccc(F)cc1)C(=O)Cc1ccc(Oc2ccc(F)cc2)cc1)c1cnc[nH]1. The van der Waals surface area contributed by atoms with Gasteiger partial charge < -0.3 is 19.8 Å². The number of carbonyl (C=O) groups excluding carboxylic acids is 2. The minimum Gasteiger partial charge on any atom is -0.457 e. The molecular weight excluding hydrogens is 504 g/mol. The summed E-state index contributed by atoms with van der Waals surface area (Å²) in [5.41, 5.74) is 1.10. The molecule has 4 rings (SSSR count). The van der Waals surface area contributed by atoms with Gasteiger partial charge in [-0.3, -0.25) is 9.59 Å². The van der Waals surface area contributed by atoms with Gasteiger partial charge in [-0.1, -0.05) is 24.3 Å². The number of aromatic amines is 1. The van der Waals surface area contributed by atoms with Crippen molar-refractivity contribution in [2.75, 3.05) is 6.61 Å². The van der Waals surface area contributed by atoms with Crippen LogP contribution in [-0.2, 0) is 32.8 Å². The number of amides is 1. The number of nitrogens with zero attached hydrogens (tertiary/aromatic N) is 1. The second-order valence-electron chi connectivity index (χ2n) is 9.60. The third kappa shape index (κ3) is 7.58. The number of nitrogens with one attached hydrogen (secondary N) is 2. The molecule has 39 heavy (non-hydrogen) atoms. The zero-order chi connectivity index (χ0) is 27.8. The van der Waals surface area contributed by atoms with Crippen LogP contribution in [0.5, 0.6) is 11.5 Å². The maximum absolute atomic E-state index is 13.3. The predicted molar refractivity (Wildman–Crippen MR) is 141 cm³/mol. The summed E-state index contributed by atoms with van der Waals surface area (Å²) >= 11 is 0. The van der Waals surface area contributed by atoms with Gasteiger partial charge in [0.15, 0.2) is 5.78 Å². The first-order chi connectivity index (χ1) is 18.7. The fourth-order valence-corrected chi connectivity index (χ4v) is 3.79. The smallest absolute Gasteiger partial charge is 0.232 e. The Morgan fingerprint density at radius 3 is 2.05 bits per heavy atom. The van der Waals surface area contributed by atoms with E-state index in [0.717, 1.165) is 11.1 Å². The number of halogens is 2. The number of hydrogen-bond acceptors (Lipinski definition) is 5. The van der Waals surface area contributed by atoms with Gasteiger partial charge in [0.25, 0.3) is 0 Å². The Morgan fingerprint density at radius 1 is 0.897 bits per heavy atom. The van der Waals surface area contributed by atoms with Gasteiger partial charge in [-0.25, -0.2) is 13.8 Å². The van der Waals surface area contributed by atoms with Crippen molar-refractivity contribution < 1.29 is 27.8 Å². The normalized spacial score (nSPS) is 12.1. The molecule has 1 amide bonds. The molecule has 1 aromatic heterocycles. The van der Waals surface area contributed by atoms with E-state index in [4.69, 9.17) is 9.47 Å². The number of rotatable bonds is 12. The Balaban J connectivity index is 1.42. The number of aromatic nitrogens is 2. The first kappa shape index (κ1) is 27.7. The van der Waals surface area contributed by atoms with E-state index < -0.39 is 11.5 Å². The zero-order valence-electron chi connectivity index (χ0n) is 21.6. The highest BCUT2D eigenvalue weighted by atomic mass is 19.1. The van der Waals surface area contributed by atoms with Crippen LogP contribution >= 0.6 is 0 Å². The number of benzene rings is 3. The monoisotopic (exact) mass is 533 g/mol. The Morgan fingerprint density at radius 2 is 1.46 bits per heavy atom. The molecule has 7 nitrogen and oxygen atoms in total. The van der Waals surface area contributed by atoms with Crippen LogP contribution in [0.2, 0.25) is 0 Å². The van der Waals surface area contributed by atoms with E-state index in [9.17, 15) is 18.4 Å². The molecule has 0 aliphatic carbocycles. The maximum Gasteiger partial charge on any atom is 0.232 e. The van der Waals surface area contributed by atoms with Gasteiger partial charge >= 0.3 is 0 Å². The number of imidazole rings is 1. The summed E-state index contributed by atoms with van der Waals surface area (Å²) in [6.45, 7) is 3.55. The van der Waals surface area contributed by atoms with Crippen LogP contribution in [0.15, 0.2) is 85.3 Å². The molecule has 0 saturated heterocycles. The molecule has 0 aliphatic rings. The van der Waals surface area contributed by atoms with Gasteiger partial charge in [-0.2, -0.15) is 0 Å². The molecule has 2 N–H and O–H groups in total. The molecule has 4 aromatic rings. The lowest BCUT2D eigenvalue weighted by Gasteiger charge is -2.26. The Bertz CT molecular complexity index is 1370. The summed E-state index contributed by atoms with van der Waals surface area (Å²) in [4.78, 5) is 33.5. The van der Waals surface area contributed by atoms with Crippen molar-refractivity contribution in [2.24, 2.45) is 0 Å². The molecule has 202 valence electrons. The minimum atomic E-state index is -0.967. The molecule has 9 heteroatoms. The highest BCUT2D eigenvalue weighted by Crippen LogP contribution is 2.23. The fourth-order valence-electron chi connectivity index (χ4n) is 3.79. The summed E-state index contributed by atoms with van der Waals surface area (Å²) in [5, 5.41) is 2.83. The second-order valence-corrected chi connectivity index (χ2v) is 9.60. The number of ether oxygens (including phenoxy) is 2. The van der Waals surface area contributed by atoms with Gasteiger partial charge in [0.05, 0.1) is 25.0 Å². The van der Waals surface area contributed by atoms with Crippen molar-refractivity contribution in [3.8, 4) is 11.5 Å². The molecule has 1 heterocycles. The second kappa shape index (κ2) is 12.4. The van der Waals surface area contributed by atoms with E-state index in [2.05, 4.69) is 15.3 Å². The van der Waals surface area contributed by atoms with E-state index in [1.807, 2.05) is 0 Å². The lowest BCUT2D eigenvalue weighted by Crippen LogP contribution is -2.50. The summed E-state index contributed by atoms with van der Waals surface area (Å²) in [6, 6.07) is 17.5. The van der Waals surface area contributed by atoms with Gasteiger partial charge in [-0.05, 0) is 73.5 Å². The van der Waals surface area contributed by atoms with Gasteiger partial charge in [-0.15, -0.1) is 0 Å². The molecule has 0 fully saturated rings. The molecular formula is C30H29F2N3O4. The summed E-state index contributed by atoms with van der Waals surface area (Å²) in [5.74, 6) is -0.289. The highest BCUT2D eigenvalue weighted by Gasteiger charge is 2.34. The average Bonchev–Trinajstić information content (AvgIpc) is 3.48. The molecule has 1 atom stereocenters. The van der Waals surface area contributed by atoms with E-state index in [0.29, 0.717) is 17.2 Å². The fraction of sp³-hybridized carbons (Fsp3) is 0.233. The van der Waals surface area contributed by atoms with Crippen LogP contribution in [0, 0.1) is 11.6 Å². The number of carbonyl (C=O) groups is 2. The van der Waals surface area contributed by atoms with Crippen molar-refractivity contribution in [3.05, 3.63) is 114 Å². The first-order valence-corrected chi connectivity index (χ1v) is 12.4. The van der Waals surface area contributed by atoms with Crippen LogP contribution in [0.25, 0.3) is 0 Å². The van der Waals surface area contributed by atoms with Crippen molar-refractivity contribution >= 4 is 11.7 Å². The van der Waals surface area contributed by atoms with E-state index in [-0.39, 0.29) is 43.0 Å². The molecule has 0 spiro atoms. The number of H-pyrrole nitrogens is 1. The molecule has 0 unspecified atom stereocenters. The van der Waals surface area contributed by atoms with Crippen molar-refractivity contribution in [1.29, 1.82) is 0 Å². The molecule has 0 bridgehead atoms. The lowest BCUT2D eigenvalue weighted by atomic mass is 9.88. The van der Waals surface area contributed by atoms with Gasteiger partial charge in [0.1, 0.15) is 29.2 Å². The van der Waals surface area contributed by atoms with Crippen molar-refractivity contribution in [2.45, 2.75) is 38.3 Å². The Hall–Kier alpha value is -4.37. The summed E-state index contributed by atoms with van der Waals surface area (Å²) in [7, 11) is 0. The van der Waals surface area contributed by atoms with Crippen LogP contribution in [-0.4, -0.2) is 34.3 Å². The summed E-state index contributed by atoms with van der Waals surface area (Å²) in [6.07, 6.45) is 3.10. The maximum atomic E-state index is 13.3. The highest BCUT2D eigenvalue weighted by molar-refractivity contribution is 5.94. The van der Waals surface area contributed by atoms with E-state index in [1.165, 1.54) is 42.7 Å². The third-order valence-electron chi connectivity index (χ3n) is 6.25. The number of ketones is 1. The van der Waals surface area contributed by atoms with Crippen LogP contribution in [0.1, 0.15) is 30.7 Å². The molecule has 3 aromatic carbocycles. The molecule has 0 radical (unpaired) electrons. The zero-order valence-corrected chi connectivity index (χ0v) is 21.6. The third-order valence-corrected chi connectivity index (χ3v) is 6.25. The molecule has 0 aliphatic heterocycles. The van der Waals surface area contributed by atoms with Crippen molar-refractivity contribution in [3.63, 3.8) is 0 Å². The van der Waals surface area contributed by atoms with Crippen LogP contribution < -0.4 is 10.1 Å². The Labute approximate surface area is 225 Å². The van der Waals surface area contributed by atoms with Gasteiger partial charge in [0.2, 0.25) is 5.91 Å². The molecule has 0 saturated carbocycles. The number of Topliss-reactive ketones (excluding diaryl/α,β-unsaturated/α-hetero) is 1. The quantitative estimate of drug-likeness (QED) is 0.259. The standard InChI is InChI=1S/C30H29F2N3O4/c1-30(2,28-16-33-19-34-28)29(37)35-26(18-38-17-21-3-7-22(31)8-4-21)27(36)15-20-5-11-24(12-6-20)39-25-13-9-23(32)10-14-25/h3-14,16,19,26H,15,17-18H2,1-2H3,(H,33,34)(H,35,37)/t26-/m0/s1. The van der Waals surface area contributed by atoms with Gasteiger partial charge in [0, 0.05) is 18.3 Å².